The van der Waals surface area contributed by atoms with Gasteiger partial charge in [-0.1, -0.05) is 6.92 Å². The molecule has 15 heavy (non-hydrogen) atoms. The minimum atomic E-state index is 0.368. The van der Waals surface area contributed by atoms with E-state index < -0.39 is 0 Å². The molecule has 1 rings (SSSR count). The predicted molar refractivity (Wildman–Crippen MR) is 61.7 cm³/mol. The Morgan fingerprint density at radius 1 is 1.53 bits per heavy atom. The largest absolute Gasteiger partial charge is 0.353 e. The highest BCUT2D eigenvalue weighted by molar-refractivity contribution is 5.53. The normalized spacial score (nSPS) is 10.1. The number of nitrogens with zero attached hydrogens (tertiary/aromatic N) is 3. The van der Waals surface area contributed by atoms with Gasteiger partial charge in [-0.15, -0.1) is 0 Å². The summed E-state index contributed by atoms with van der Waals surface area (Å²) in [6.07, 6.45) is 2.79. The maximum Gasteiger partial charge on any atom is 0.146 e. The van der Waals surface area contributed by atoms with E-state index in [1.807, 2.05) is 6.07 Å². The van der Waals surface area contributed by atoms with E-state index in [4.69, 9.17) is 5.26 Å². The number of pyridine rings is 1. The molecule has 3 nitrogen and oxygen atoms in total. The Morgan fingerprint density at radius 2 is 2.27 bits per heavy atom. The first-order valence-corrected chi connectivity index (χ1v) is 5.32. The lowest BCUT2D eigenvalue weighted by atomic mass is 10.2. The lowest BCUT2D eigenvalue weighted by molar-refractivity contribution is 0.661. The number of rotatable bonds is 4. The van der Waals surface area contributed by atoms with E-state index in [-0.39, 0.29) is 0 Å². The van der Waals surface area contributed by atoms with Crippen LogP contribution in [-0.2, 0) is 0 Å². The molecule has 0 aliphatic carbocycles. The van der Waals surface area contributed by atoms with Gasteiger partial charge in [-0.05, 0) is 32.4 Å². The van der Waals surface area contributed by atoms with Crippen LogP contribution in [0.2, 0.25) is 0 Å². The highest BCUT2D eigenvalue weighted by Crippen LogP contribution is 2.18. The van der Waals surface area contributed by atoms with E-state index in [1.54, 1.807) is 12.3 Å². The van der Waals surface area contributed by atoms with Crippen molar-refractivity contribution in [1.82, 2.24) is 4.98 Å². The number of nitriles is 1. The van der Waals surface area contributed by atoms with Crippen molar-refractivity contribution < 1.29 is 0 Å². The highest BCUT2D eigenvalue weighted by atomic mass is 15.2. The van der Waals surface area contributed by atoms with Crippen molar-refractivity contribution in [3.05, 3.63) is 23.9 Å². The molecule has 0 aliphatic heterocycles. The minimum absolute atomic E-state index is 0.368. The van der Waals surface area contributed by atoms with Crippen LogP contribution in [0.15, 0.2) is 18.3 Å². The van der Waals surface area contributed by atoms with E-state index >= 15 is 0 Å². The summed E-state index contributed by atoms with van der Waals surface area (Å²) in [7, 11) is 0. The minimum Gasteiger partial charge on any atom is -0.353 e. The molecule has 0 saturated heterocycles. The molecule has 1 aromatic heterocycles. The van der Waals surface area contributed by atoms with Crippen molar-refractivity contribution >= 4 is 5.82 Å². The lowest BCUT2D eigenvalue weighted by Gasteiger charge is -2.27. The van der Waals surface area contributed by atoms with Gasteiger partial charge in [0.15, 0.2) is 0 Å². The van der Waals surface area contributed by atoms with Crippen molar-refractivity contribution in [1.29, 1.82) is 5.26 Å². The molecular weight excluding hydrogens is 186 g/mol. The van der Waals surface area contributed by atoms with Crippen LogP contribution in [0.5, 0.6) is 0 Å². The predicted octanol–water partition coefficient (Wildman–Crippen LogP) is 2.58. The molecule has 0 spiro atoms. The Bertz CT molecular complexity index is 352. The second kappa shape index (κ2) is 5.35. The maximum atomic E-state index is 9.00. The molecule has 1 heterocycles. The second-order valence-electron chi connectivity index (χ2n) is 3.77. The molecule has 0 aromatic carbocycles. The molecule has 0 amide bonds. The van der Waals surface area contributed by atoms with Crippen molar-refractivity contribution in [3.63, 3.8) is 0 Å². The summed E-state index contributed by atoms with van der Waals surface area (Å²) >= 11 is 0. The molecule has 0 aliphatic rings. The summed E-state index contributed by atoms with van der Waals surface area (Å²) in [5.41, 5.74) is 0.652. The number of hydrogen-bond acceptors (Lipinski definition) is 3. The molecular formula is C12H17N3. The second-order valence-corrected chi connectivity index (χ2v) is 3.77. The van der Waals surface area contributed by atoms with E-state index in [0.29, 0.717) is 11.6 Å². The van der Waals surface area contributed by atoms with Gasteiger partial charge in [0.1, 0.15) is 11.9 Å². The zero-order valence-electron chi connectivity index (χ0n) is 9.57. The standard InChI is InChI=1S/C12H17N3/c1-4-8-15(10(2)3)12-11(9-13)6-5-7-14-12/h5-7,10H,4,8H2,1-3H3. The van der Waals surface area contributed by atoms with Gasteiger partial charge < -0.3 is 4.90 Å². The first kappa shape index (κ1) is 11.5. The molecule has 0 bridgehead atoms. The number of aromatic nitrogens is 1. The molecule has 80 valence electrons. The SMILES string of the molecule is CCCN(c1ncccc1C#N)C(C)C. The van der Waals surface area contributed by atoms with Gasteiger partial charge >= 0.3 is 0 Å². The van der Waals surface area contributed by atoms with Gasteiger partial charge in [0, 0.05) is 18.8 Å². The van der Waals surface area contributed by atoms with Crippen LogP contribution in [0, 0.1) is 11.3 Å². The van der Waals surface area contributed by atoms with E-state index in [0.717, 1.165) is 18.8 Å². The van der Waals surface area contributed by atoms with Crippen molar-refractivity contribution in [2.24, 2.45) is 0 Å². The van der Waals surface area contributed by atoms with Crippen LogP contribution in [0.1, 0.15) is 32.8 Å². The summed E-state index contributed by atoms with van der Waals surface area (Å²) in [4.78, 5) is 6.46. The molecule has 0 N–H and O–H groups in total. The zero-order valence-corrected chi connectivity index (χ0v) is 9.57. The molecule has 0 atom stereocenters. The third-order valence-electron chi connectivity index (χ3n) is 2.27. The van der Waals surface area contributed by atoms with Crippen LogP contribution in [0.3, 0.4) is 0 Å². The van der Waals surface area contributed by atoms with Crippen LogP contribution >= 0.6 is 0 Å². The Kier molecular flexibility index (Phi) is 4.11. The number of anilines is 1. The third kappa shape index (κ3) is 2.69. The van der Waals surface area contributed by atoms with Crippen LogP contribution in [0.4, 0.5) is 5.82 Å². The zero-order chi connectivity index (χ0) is 11.3. The van der Waals surface area contributed by atoms with E-state index in [2.05, 4.69) is 36.7 Å². The molecule has 0 saturated carbocycles. The van der Waals surface area contributed by atoms with E-state index in [1.165, 1.54) is 0 Å². The quantitative estimate of drug-likeness (QED) is 0.755. The first-order valence-electron chi connectivity index (χ1n) is 5.32. The fourth-order valence-corrected chi connectivity index (χ4v) is 1.56. The topological polar surface area (TPSA) is 39.9 Å². The van der Waals surface area contributed by atoms with Gasteiger partial charge in [-0.25, -0.2) is 4.98 Å². The molecule has 0 unspecified atom stereocenters. The maximum absolute atomic E-state index is 9.00. The van der Waals surface area contributed by atoms with Crippen molar-refractivity contribution in [2.75, 3.05) is 11.4 Å². The van der Waals surface area contributed by atoms with Gasteiger partial charge in [-0.2, -0.15) is 5.26 Å². The molecule has 0 radical (unpaired) electrons. The molecule has 1 aromatic rings. The summed E-state index contributed by atoms with van der Waals surface area (Å²) in [5, 5.41) is 9.00. The van der Waals surface area contributed by atoms with Crippen molar-refractivity contribution in [3.8, 4) is 6.07 Å². The van der Waals surface area contributed by atoms with Crippen LogP contribution in [-0.4, -0.2) is 17.6 Å². The monoisotopic (exact) mass is 203 g/mol. The first-order chi connectivity index (χ1) is 7.20. The summed E-state index contributed by atoms with van der Waals surface area (Å²) in [6.45, 7) is 7.30. The Hall–Kier alpha value is -1.56. The van der Waals surface area contributed by atoms with Crippen molar-refractivity contribution in [2.45, 2.75) is 33.2 Å². The fraction of sp³-hybridized carbons (Fsp3) is 0.500. The van der Waals surface area contributed by atoms with Crippen LogP contribution < -0.4 is 4.90 Å². The van der Waals surface area contributed by atoms with Gasteiger partial charge in [0.05, 0.1) is 5.56 Å². The van der Waals surface area contributed by atoms with Gasteiger partial charge in [-0.3, -0.25) is 0 Å². The lowest BCUT2D eigenvalue weighted by Crippen LogP contribution is -2.32. The average molecular weight is 203 g/mol. The summed E-state index contributed by atoms with van der Waals surface area (Å²) < 4.78 is 0. The third-order valence-corrected chi connectivity index (χ3v) is 2.27. The molecule has 3 heteroatoms. The smallest absolute Gasteiger partial charge is 0.146 e. The van der Waals surface area contributed by atoms with Gasteiger partial charge in [0.2, 0.25) is 0 Å². The summed E-state index contributed by atoms with van der Waals surface area (Å²) in [6, 6.07) is 6.16. The molecule has 0 fully saturated rings. The van der Waals surface area contributed by atoms with Crippen LogP contribution in [0.25, 0.3) is 0 Å². The highest BCUT2D eigenvalue weighted by Gasteiger charge is 2.14. The number of hydrogen-bond donors (Lipinski definition) is 0. The Labute approximate surface area is 91.4 Å². The average Bonchev–Trinajstić information content (AvgIpc) is 2.25. The Morgan fingerprint density at radius 3 is 2.80 bits per heavy atom. The Balaban J connectivity index is 3.05. The van der Waals surface area contributed by atoms with E-state index in [9.17, 15) is 0 Å². The fourth-order valence-electron chi connectivity index (χ4n) is 1.56. The summed E-state index contributed by atoms with van der Waals surface area (Å²) in [5.74, 6) is 0.803. The van der Waals surface area contributed by atoms with Gasteiger partial charge in [0.25, 0.3) is 0 Å².